The van der Waals surface area contributed by atoms with Crippen molar-refractivity contribution < 1.29 is 9.53 Å². The molecule has 2 aliphatic rings. The second-order valence-corrected chi connectivity index (χ2v) is 4.46. The van der Waals surface area contributed by atoms with Gasteiger partial charge in [-0.05, 0) is 36.5 Å². The SMILES string of the molecule is CC(=O)Oc1cccc2c1C1=CCCC[C@H]12. The molecule has 3 rings (SSSR count). The van der Waals surface area contributed by atoms with Crippen LogP contribution in [0.5, 0.6) is 5.75 Å². The van der Waals surface area contributed by atoms with E-state index in [-0.39, 0.29) is 5.97 Å². The molecule has 0 aliphatic heterocycles. The molecule has 1 aromatic rings. The van der Waals surface area contributed by atoms with Gasteiger partial charge in [-0.15, -0.1) is 0 Å². The average molecular weight is 214 g/mol. The van der Waals surface area contributed by atoms with Crippen LogP contribution in [0.1, 0.15) is 43.2 Å². The van der Waals surface area contributed by atoms with Gasteiger partial charge in [0.25, 0.3) is 0 Å². The topological polar surface area (TPSA) is 26.3 Å². The maximum absolute atomic E-state index is 11.0. The fraction of sp³-hybridized carbons (Fsp3) is 0.357. The molecule has 1 atom stereocenters. The molecule has 16 heavy (non-hydrogen) atoms. The highest BCUT2D eigenvalue weighted by atomic mass is 16.5. The predicted molar refractivity (Wildman–Crippen MR) is 62.3 cm³/mol. The summed E-state index contributed by atoms with van der Waals surface area (Å²) >= 11 is 0. The molecule has 2 heteroatoms. The number of allylic oxidation sites excluding steroid dienone is 2. The minimum atomic E-state index is -0.242. The zero-order valence-corrected chi connectivity index (χ0v) is 9.32. The van der Waals surface area contributed by atoms with Crippen molar-refractivity contribution in [2.45, 2.75) is 32.1 Å². The summed E-state index contributed by atoms with van der Waals surface area (Å²) in [7, 11) is 0. The van der Waals surface area contributed by atoms with E-state index >= 15 is 0 Å². The van der Waals surface area contributed by atoms with Crippen LogP contribution in [0.15, 0.2) is 24.3 Å². The minimum absolute atomic E-state index is 0.242. The second kappa shape index (κ2) is 3.48. The van der Waals surface area contributed by atoms with E-state index < -0.39 is 0 Å². The normalized spacial score (nSPS) is 21.3. The molecule has 0 heterocycles. The van der Waals surface area contributed by atoms with Crippen molar-refractivity contribution in [1.29, 1.82) is 0 Å². The number of hydrogen-bond donors (Lipinski definition) is 0. The van der Waals surface area contributed by atoms with Gasteiger partial charge < -0.3 is 4.74 Å². The molecular weight excluding hydrogens is 200 g/mol. The largest absolute Gasteiger partial charge is 0.426 e. The Morgan fingerprint density at radius 3 is 3.12 bits per heavy atom. The first kappa shape index (κ1) is 9.64. The summed E-state index contributed by atoms with van der Waals surface area (Å²) in [5.41, 5.74) is 3.91. The molecule has 0 spiro atoms. The smallest absolute Gasteiger partial charge is 0.308 e. The predicted octanol–water partition coefficient (Wildman–Crippen LogP) is 3.28. The number of fused-ring (bicyclic) bond motifs is 4. The van der Waals surface area contributed by atoms with Crippen LogP contribution in [0.25, 0.3) is 5.57 Å². The van der Waals surface area contributed by atoms with E-state index in [9.17, 15) is 4.79 Å². The molecule has 0 aromatic heterocycles. The standard InChI is InChI=1S/C14H14O2/c1-9(15)16-13-8-4-7-12-10-5-2-3-6-11(10)14(12)13/h4,6-8,10H,2-3,5H2,1H3/t10-/m1/s1. The molecule has 1 aromatic carbocycles. The number of carbonyl (C=O) groups is 1. The third kappa shape index (κ3) is 1.29. The first-order valence-corrected chi connectivity index (χ1v) is 5.79. The Balaban J connectivity index is 2.06. The van der Waals surface area contributed by atoms with Crippen LogP contribution < -0.4 is 4.74 Å². The third-order valence-electron chi connectivity index (χ3n) is 3.41. The Bertz CT molecular complexity index is 486. The maximum Gasteiger partial charge on any atom is 0.308 e. The Kier molecular flexibility index (Phi) is 2.10. The zero-order valence-electron chi connectivity index (χ0n) is 9.32. The van der Waals surface area contributed by atoms with Crippen molar-refractivity contribution >= 4 is 11.5 Å². The Morgan fingerprint density at radius 2 is 2.31 bits per heavy atom. The van der Waals surface area contributed by atoms with E-state index in [1.165, 1.54) is 36.5 Å². The van der Waals surface area contributed by atoms with Crippen molar-refractivity contribution in [2.75, 3.05) is 0 Å². The van der Waals surface area contributed by atoms with E-state index in [1.807, 2.05) is 12.1 Å². The average Bonchev–Trinajstić information content (AvgIpc) is 2.24. The summed E-state index contributed by atoms with van der Waals surface area (Å²) in [4.78, 5) is 11.0. The van der Waals surface area contributed by atoms with Crippen LogP contribution in [0.3, 0.4) is 0 Å². The van der Waals surface area contributed by atoms with Crippen molar-refractivity contribution in [3.8, 4) is 5.75 Å². The van der Waals surface area contributed by atoms with Gasteiger partial charge in [-0.2, -0.15) is 0 Å². The van der Waals surface area contributed by atoms with Gasteiger partial charge in [0.2, 0.25) is 0 Å². The molecule has 0 amide bonds. The van der Waals surface area contributed by atoms with Gasteiger partial charge in [0, 0.05) is 18.4 Å². The summed E-state index contributed by atoms with van der Waals surface area (Å²) in [5.74, 6) is 1.09. The van der Waals surface area contributed by atoms with E-state index in [4.69, 9.17) is 4.74 Å². The van der Waals surface area contributed by atoms with E-state index in [0.717, 1.165) is 12.2 Å². The molecule has 0 saturated carbocycles. The molecule has 0 radical (unpaired) electrons. The molecule has 2 nitrogen and oxygen atoms in total. The number of ether oxygens (including phenoxy) is 1. The van der Waals surface area contributed by atoms with Crippen molar-refractivity contribution in [2.24, 2.45) is 0 Å². The third-order valence-corrected chi connectivity index (χ3v) is 3.41. The maximum atomic E-state index is 11.0. The summed E-state index contributed by atoms with van der Waals surface area (Å²) in [6, 6.07) is 6.00. The van der Waals surface area contributed by atoms with Crippen LogP contribution in [0, 0.1) is 0 Å². The highest BCUT2D eigenvalue weighted by Crippen LogP contribution is 2.54. The lowest BCUT2D eigenvalue weighted by Gasteiger charge is -2.37. The Morgan fingerprint density at radius 1 is 1.44 bits per heavy atom. The van der Waals surface area contributed by atoms with Crippen LogP contribution in [0.2, 0.25) is 0 Å². The number of hydrogen-bond acceptors (Lipinski definition) is 2. The highest BCUT2D eigenvalue weighted by molar-refractivity contribution is 5.89. The van der Waals surface area contributed by atoms with Crippen LogP contribution in [-0.2, 0) is 4.79 Å². The van der Waals surface area contributed by atoms with E-state index in [1.54, 1.807) is 0 Å². The van der Waals surface area contributed by atoms with Crippen LogP contribution in [-0.4, -0.2) is 5.97 Å². The number of rotatable bonds is 1. The lowest BCUT2D eigenvalue weighted by molar-refractivity contribution is -0.131. The second-order valence-electron chi connectivity index (χ2n) is 4.46. The molecule has 2 aliphatic carbocycles. The lowest BCUT2D eigenvalue weighted by atomic mass is 9.67. The van der Waals surface area contributed by atoms with Gasteiger partial charge in [0.05, 0.1) is 0 Å². The van der Waals surface area contributed by atoms with Crippen molar-refractivity contribution in [3.63, 3.8) is 0 Å². The first-order valence-electron chi connectivity index (χ1n) is 5.79. The van der Waals surface area contributed by atoms with Gasteiger partial charge >= 0.3 is 5.97 Å². The molecular formula is C14H14O2. The molecule has 0 unspecified atom stereocenters. The number of benzene rings is 1. The molecule has 0 saturated heterocycles. The fourth-order valence-corrected chi connectivity index (χ4v) is 2.79. The minimum Gasteiger partial charge on any atom is -0.426 e. The Labute approximate surface area is 94.9 Å². The van der Waals surface area contributed by atoms with E-state index in [0.29, 0.717) is 5.92 Å². The lowest BCUT2D eigenvalue weighted by Crippen LogP contribution is -2.20. The number of esters is 1. The highest BCUT2D eigenvalue weighted by Gasteiger charge is 2.35. The molecule has 0 N–H and O–H groups in total. The van der Waals surface area contributed by atoms with Gasteiger partial charge in [-0.1, -0.05) is 18.2 Å². The summed E-state index contributed by atoms with van der Waals surface area (Å²) in [5, 5.41) is 0. The van der Waals surface area contributed by atoms with Crippen LogP contribution >= 0.6 is 0 Å². The Hall–Kier alpha value is -1.57. The first-order chi connectivity index (χ1) is 7.77. The molecule has 0 bridgehead atoms. The zero-order chi connectivity index (χ0) is 11.1. The van der Waals surface area contributed by atoms with Crippen LogP contribution in [0.4, 0.5) is 0 Å². The van der Waals surface area contributed by atoms with Gasteiger partial charge in [-0.3, -0.25) is 4.79 Å². The number of carbonyl (C=O) groups excluding carboxylic acids is 1. The summed E-state index contributed by atoms with van der Waals surface area (Å²) in [6.45, 7) is 1.45. The van der Waals surface area contributed by atoms with Crippen molar-refractivity contribution in [3.05, 3.63) is 35.4 Å². The van der Waals surface area contributed by atoms with Gasteiger partial charge in [-0.25, -0.2) is 0 Å². The van der Waals surface area contributed by atoms with E-state index in [2.05, 4.69) is 12.1 Å². The molecule has 0 fully saturated rings. The fourth-order valence-electron chi connectivity index (χ4n) is 2.79. The molecule has 82 valence electrons. The monoisotopic (exact) mass is 214 g/mol. The summed E-state index contributed by atoms with van der Waals surface area (Å²) < 4.78 is 5.25. The quantitative estimate of drug-likeness (QED) is 0.529. The van der Waals surface area contributed by atoms with Crippen molar-refractivity contribution in [1.82, 2.24) is 0 Å². The van der Waals surface area contributed by atoms with Gasteiger partial charge in [0.15, 0.2) is 0 Å². The summed E-state index contributed by atoms with van der Waals surface area (Å²) in [6.07, 6.45) is 5.96. The van der Waals surface area contributed by atoms with Gasteiger partial charge in [0.1, 0.15) is 5.75 Å².